The van der Waals surface area contributed by atoms with Crippen LogP contribution in [-0.2, 0) is 17.8 Å². The van der Waals surface area contributed by atoms with Gasteiger partial charge in [-0.3, -0.25) is 4.79 Å². The average Bonchev–Trinajstić information content (AvgIpc) is 2.36. The number of hydrogen-bond acceptors (Lipinski definition) is 2. The Balaban J connectivity index is 1.98. The van der Waals surface area contributed by atoms with Crippen molar-refractivity contribution in [1.82, 2.24) is 0 Å². The molecule has 0 aliphatic carbocycles. The zero-order chi connectivity index (χ0) is 14.5. The van der Waals surface area contributed by atoms with Gasteiger partial charge in [0, 0.05) is 18.3 Å². The van der Waals surface area contributed by atoms with E-state index in [-0.39, 0.29) is 12.3 Å². The molecule has 0 aliphatic rings. The Kier molecular flexibility index (Phi) is 4.30. The van der Waals surface area contributed by atoms with E-state index in [0.29, 0.717) is 12.1 Å². The van der Waals surface area contributed by atoms with E-state index in [0.717, 1.165) is 17.3 Å². The second-order valence-electron chi connectivity index (χ2n) is 4.47. The van der Waals surface area contributed by atoms with Crippen LogP contribution in [0.5, 0.6) is 0 Å². The quantitative estimate of drug-likeness (QED) is 0.882. The van der Waals surface area contributed by atoms with E-state index >= 15 is 0 Å². The van der Waals surface area contributed by atoms with Gasteiger partial charge in [-0.2, -0.15) is 0 Å². The number of anilines is 1. The maximum Gasteiger partial charge on any atom is 0.221 e. The molecule has 2 rings (SSSR count). The third-order valence-corrected chi connectivity index (χ3v) is 2.75. The number of primary amides is 1. The molecular formula is C15H14F2N2O. The number of nitrogens with two attached hydrogens (primary N) is 1. The lowest BCUT2D eigenvalue weighted by molar-refractivity contribution is -0.117. The van der Waals surface area contributed by atoms with Gasteiger partial charge in [0.05, 0.1) is 6.42 Å². The number of carbonyl (C=O) groups is 1. The highest BCUT2D eigenvalue weighted by atomic mass is 19.1. The van der Waals surface area contributed by atoms with Crippen molar-refractivity contribution in [2.75, 3.05) is 5.32 Å². The lowest BCUT2D eigenvalue weighted by atomic mass is 10.1. The number of rotatable bonds is 5. The molecule has 2 aromatic carbocycles. The first-order valence-corrected chi connectivity index (χ1v) is 6.09. The maximum atomic E-state index is 13.0. The third-order valence-electron chi connectivity index (χ3n) is 2.75. The molecule has 20 heavy (non-hydrogen) atoms. The largest absolute Gasteiger partial charge is 0.381 e. The number of benzene rings is 2. The van der Waals surface area contributed by atoms with Crippen molar-refractivity contribution in [3.8, 4) is 0 Å². The van der Waals surface area contributed by atoms with E-state index in [1.165, 1.54) is 12.1 Å². The molecule has 1 amide bonds. The highest BCUT2D eigenvalue weighted by molar-refractivity contribution is 5.76. The highest BCUT2D eigenvalue weighted by Gasteiger charge is 2.02. The molecule has 3 nitrogen and oxygen atoms in total. The number of carbonyl (C=O) groups excluding carboxylic acids is 1. The van der Waals surface area contributed by atoms with Crippen LogP contribution in [0, 0.1) is 11.6 Å². The number of nitrogens with one attached hydrogen (secondary N) is 1. The standard InChI is InChI=1S/C15H14F2N2O/c16-12-5-11(6-13(17)8-12)9-19-14-3-1-10(2-4-14)7-15(18)20/h1-6,8,19H,7,9H2,(H2,18,20). The smallest absolute Gasteiger partial charge is 0.221 e. The van der Waals surface area contributed by atoms with Crippen LogP contribution in [0.1, 0.15) is 11.1 Å². The van der Waals surface area contributed by atoms with Crippen LogP contribution in [-0.4, -0.2) is 5.91 Å². The van der Waals surface area contributed by atoms with Crippen molar-refractivity contribution < 1.29 is 13.6 Å². The van der Waals surface area contributed by atoms with Gasteiger partial charge in [0.15, 0.2) is 0 Å². The first-order valence-electron chi connectivity index (χ1n) is 6.09. The van der Waals surface area contributed by atoms with Gasteiger partial charge in [0.1, 0.15) is 11.6 Å². The van der Waals surface area contributed by atoms with E-state index in [4.69, 9.17) is 5.73 Å². The fourth-order valence-electron chi connectivity index (χ4n) is 1.86. The molecule has 0 radical (unpaired) electrons. The summed E-state index contributed by atoms with van der Waals surface area (Å²) in [6, 6.07) is 10.5. The Labute approximate surface area is 115 Å². The summed E-state index contributed by atoms with van der Waals surface area (Å²) in [6.45, 7) is 0.309. The van der Waals surface area contributed by atoms with E-state index in [2.05, 4.69) is 5.32 Å². The summed E-state index contributed by atoms with van der Waals surface area (Å²) in [5, 5.41) is 3.05. The zero-order valence-corrected chi connectivity index (χ0v) is 10.7. The van der Waals surface area contributed by atoms with Gasteiger partial charge in [0.25, 0.3) is 0 Å². The summed E-state index contributed by atoms with van der Waals surface area (Å²) >= 11 is 0. The zero-order valence-electron chi connectivity index (χ0n) is 10.7. The molecule has 0 bridgehead atoms. The minimum atomic E-state index is -0.599. The van der Waals surface area contributed by atoms with Crippen LogP contribution in [0.15, 0.2) is 42.5 Å². The predicted octanol–water partition coefficient (Wildman–Crippen LogP) is 2.60. The summed E-state index contributed by atoms with van der Waals surface area (Å²) in [7, 11) is 0. The Morgan fingerprint density at radius 2 is 1.60 bits per heavy atom. The Morgan fingerprint density at radius 1 is 1.00 bits per heavy atom. The molecule has 0 heterocycles. The number of hydrogen-bond donors (Lipinski definition) is 2. The number of halogens is 2. The summed E-state index contributed by atoms with van der Waals surface area (Å²) < 4.78 is 26.0. The minimum Gasteiger partial charge on any atom is -0.381 e. The molecule has 2 aromatic rings. The first kappa shape index (κ1) is 14.0. The van der Waals surface area contributed by atoms with E-state index in [1.54, 1.807) is 24.3 Å². The summed E-state index contributed by atoms with van der Waals surface area (Å²) in [5.41, 5.74) is 7.23. The molecule has 0 saturated carbocycles. The van der Waals surface area contributed by atoms with E-state index in [1.807, 2.05) is 0 Å². The number of amides is 1. The van der Waals surface area contributed by atoms with Gasteiger partial charge in [-0.15, -0.1) is 0 Å². The second kappa shape index (κ2) is 6.14. The van der Waals surface area contributed by atoms with Crippen molar-refractivity contribution in [2.24, 2.45) is 5.73 Å². The Morgan fingerprint density at radius 3 is 2.15 bits per heavy atom. The molecule has 3 N–H and O–H groups in total. The molecule has 0 spiro atoms. The van der Waals surface area contributed by atoms with Gasteiger partial charge >= 0.3 is 0 Å². The van der Waals surface area contributed by atoms with E-state index in [9.17, 15) is 13.6 Å². The van der Waals surface area contributed by atoms with Gasteiger partial charge < -0.3 is 11.1 Å². The third kappa shape index (κ3) is 4.05. The molecule has 0 aliphatic heterocycles. The molecule has 104 valence electrons. The molecule has 5 heteroatoms. The van der Waals surface area contributed by atoms with Gasteiger partial charge in [-0.25, -0.2) is 8.78 Å². The monoisotopic (exact) mass is 276 g/mol. The summed E-state index contributed by atoms with van der Waals surface area (Å²) in [6.07, 6.45) is 0.190. The molecule has 0 aromatic heterocycles. The topological polar surface area (TPSA) is 55.1 Å². The molecule has 0 atom stereocenters. The van der Waals surface area contributed by atoms with Crippen LogP contribution in [0.2, 0.25) is 0 Å². The Hall–Kier alpha value is -2.43. The fourth-order valence-corrected chi connectivity index (χ4v) is 1.86. The second-order valence-corrected chi connectivity index (χ2v) is 4.47. The summed E-state index contributed by atoms with van der Waals surface area (Å²) in [5.74, 6) is -1.59. The van der Waals surface area contributed by atoms with Crippen molar-refractivity contribution in [2.45, 2.75) is 13.0 Å². The van der Waals surface area contributed by atoms with Gasteiger partial charge in [0.2, 0.25) is 5.91 Å². The highest BCUT2D eigenvalue weighted by Crippen LogP contribution is 2.13. The lowest BCUT2D eigenvalue weighted by Gasteiger charge is -2.08. The Bertz CT molecular complexity index is 592. The average molecular weight is 276 g/mol. The molecule has 0 unspecified atom stereocenters. The van der Waals surface area contributed by atoms with Crippen LogP contribution in [0.3, 0.4) is 0 Å². The molecular weight excluding hydrogens is 262 g/mol. The van der Waals surface area contributed by atoms with Crippen LogP contribution >= 0.6 is 0 Å². The predicted molar refractivity (Wildman–Crippen MR) is 73.0 cm³/mol. The first-order chi connectivity index (χ1) is 9.52. The molecule has 0 fully saturated rings. The van der Waals surface area contributed by atoms with Crippen molar-refractivity contribution in [3.05, 3.63) is 65.2 Å². The fraction of sp³-hybridized carbons (Fsp3) is 0.133. The van der Waals surface area contributed by atoms with Crippen LogP contribution in [0.4, 0.5) is 14.5 Å². The SMILES string of the molecule is NC(=O)Cc1ccc(NCc2cc(F)cc(F)c2)cc1. The van der Waals surface area contributed by atoms with Crippen LogP contribution in [0.25, 0.3) is 0 Å². The van der Waals surface area contributed by atoms with Gasteiger partial charge in [-0.1, -0.05) is 12.1 Å². The lowest BCUT2D eigenvalue weighted by Crippen LogP contribution is -2.13. The molecule has 0 saturated heterocycles. The van der Waals surface area contributed by atoms with E-state index < -0.39 is 11.6 Å². The normalized spacial score (nSPS) is 10.3. The summed E-state index contributed by atoms with van der Waals surface area (Å²) in [4.78, 5) is 10.8. The van der Waals surface area contributed by atoms with Gasteiger partial charge in [-0.05, 0) is 35.4 Å². The minimum absolute atomic E-state index is 0.190. The van der Waals surface area contributed by atoms with Crippen molar-refractivity contribution >= 4 is 11.6 Å². The maximum absolute atomic E-state index is 13.0. The van der Waals surface area contributed by atoms with Crippen LogP contribution < -0.4 is 11.1 Å². The van der Waals surface area contributed by atoms with Crippen molar-refractivity contribution in [1.29, 1.82) is 0 Å². The van der Waals surface area contributed by atoms with Crippen molar-refractivity contribution in [3.63, 3.8) is 0 Å².